The maximum absolute atomic E-state index is 11.7. The molecular formula is C14H18O3. The maximum atomic E-state index is 11.7. The van der Waals surface area contributed by atoms with Gasteiger partial charge in [0.1, 0.15) is 5.75 Å². The van der Waals surface area contributed by atoms with Crippen molar-refractivity contribution in [1.29, 1.82) is 0 Å². The number of ether oxygens (including phenoxy) is 2. The van der Waals surface area contributed by atoms with Crippen LogP contribution in [-0.4, -0.2) is 20.2 Å². The van der Waals surface area contributed by atoms with Crippen LogP contribution in [0.1, 0.15) is 25.3 Å². The lowest BCUT2D eigenvalue weighted by molar-refractivity contribution is -0.133. The molecule has 17 heavy (non-hydrogen) atoms. The molecule has 0 fully saturated rings. The smallest absolute Gasteiger partial charge is 0.338 e. The summed E-state index contributed by atoms with van der Waals surface area (Å²) >= 11 is 0. The van der Waals surface area contributed by atoms with Gasteiger partial charge in [0.2, 0.25) is 0 Å². The summed E-state index contributed by atoms with van der Waals surface area (Å²) in [6.45, 7) is 2.07. The summed E-state index contributed by atoms with van der Waals surface area (Å²) in [5.41, 5.74) is 1.46. The fraction of sp³-hybridized carbons (Fsp3) is 0.357. The number of carbonyl (C=O) groups is 1. The number of hydrogen-bond acceptors (Lipinski definition) is 3. The lowest BCUT2D eigenvalue weighted by Crippen LogP contribution is -2.04. The predicted molar refractivity (Wildman–Crippen MR) is 67.9 cm³/mol. The van der Waals surface area contributed by atoms with Crippen LogP contribution in [0.3, 0.4) is 0 Å². The van der Waals surface area contributed by atoms with Crippen LogP contribution in [-0.2, 0) is 9.53 Å². The first-order valence-corrected chi connectivity index (χ1v) is 5.65. The molecule has 92 valence electrons. The van der Waals surface area contributed by atoms with Gasteiger partial charge in [0, 0.05) is 0 Å². The van der Waals surface area contributed by atoms with Crippen molar-refractivity contribution in [2.75, 3.05) is 14.2 Å². The Morgan fingerprint density at radius 1 is 1.24 bits per heavy atom. The van der Waals surface area contributed by atoms with Gasteiger partial charge in [-0.2, -0.15) is 0 Å². The summed E-state index contributed by atoms with van der Waals surface area (Å²) < 4.78 is 9.86. The number of hydrogen-bond donors (Lipinski definition) is 0. The first-order valence-electron chi connectivity index (χ1n) is 5.65. The topological polar surface area (TPSA) is 35.5 Å². The fourth-order valence-electron chi connectivity index (χ4n) is 1.49. The average Bonchev–Trinajstić information content (AvgIpc) is 2.39. The van der Waals surface area contributed by atoms with Crippen LogP contribution >= 0.6 is 0 Å². The molecule has 0 aliphatic carbocycles. The Balaban J connectivity index is 3.00. The van der Waals surface area contributed by atoms with Gasteiger partial charge in [-0.25, -0.2) is 4.79 Å². The zero-order valence-electron chi connectivity index (χ0n) is 10.5. The van der Waals surface area contributed by atoms with Crippen molar-refractivity contribution in [3.63, 3.8) is 0 Å². The van der Waals surface area contributed by atoms with Gasteiger partial charge in [-0.15, -0.1) is 0 Å². The van der Waals surface area contributed by atoms with Crippen molar-refractivity contribution in [3.05, 3.63) is 35.9 Å². The molecule has 0 saturated carbocycles. The number of rotatable bonds is 5. The molecule has 0 aliphatic heterocycles. The van der Waals surface area contributed by atoms with E-state index >= 15 is 0 Å². The van der Waals surface area contributed by atoms with E-state index in [1.807, 2.05) is 30.3 Å². The van der Waals surface area contributed by atoms with E-state index in [9.17, 15) is 4.79 Å². The monoisotopic (exact) mass is 234 g/mol. The molecule has 1 aromatic rings. The summed E-state index contributed by atoms with van der Waals surface area (Å²) in [7, 11) is 3.01. The molecule has 0 aliphatic rings. The van der Waals surface area contributed by atoms with E-state index in [0.717, 1.165) is 24.2 Å². The van der Waals surface area contributed by atoms with Crippen LogP contribution in [0.15, 0.2) is 30.3 Å². The van der Waals surface area contributed by atoms with Gasteiger partial charge in [0.05, 0.1) is 19.8 Å². The molecular weight excluding hydrogens is 216 g/mol. The summed E-state index contributed by atoms with van der Waals surface area (Å²) in [6, 6.07) is 7.38. The SMILES string of the molecule is CCC/C=C(/C(=O)OC)c1ccc(OC)cc1. The number of allylic oxidation sites excluding steroid dienone is 1. The second-order valence-corrected chi connectivity index (χ2v) is 3.63. The van der Waals surface area contributed by atoms with Crippen LogP contribution in [0.4, 0.5) is 0 Å². The average molecular weight is 234 g/mol. The van der Waals surface area contributed by atoms with Crippen molar-refractivity contribution in [2.24, 2.45) is 0 Å². The van der Waals surface area contributed by atoms with E-state index in [2.05, 4.69) is 6.92 Å². The molecule has 0 aromatic heterocycles. The molecule has 0 radical (unpaired) electrons. The van der Waals surface area contributed by atoms with Gasteiger partial charge in [-0.1, -0.05) is 31.6 Å². The highest BCUT2D eigenvalue weighted by atomic mass is 16.5. The summed E-state index contributed by atoms with van der Waals surface area (Å²) in [4.78, 5) is 11.7. The van der Waals surface area contributed by atoms with Gasteiger partial charge in [0.15, 0.2) is 0 Å². The molecule has 0 unspecified atom stereocenters. The Bertz CT molecular complexity index is 390. The zero-order chi connectivity index (χ0) is 12.7. The maximum Gasteiger partial charge on any atom is 0.338 e. The number of unbranched alkanes of at least 4 members (excludes halogenated alkanes) is 1. The number of benzene rings is 1. The van der Waals surface area contributed by atoms with Crippen LogP contribution in [0.25, 0.3) is 5.57 Å². The Kier molecular flexibility index (Phi) is 5.27. The van der Waals surface area contributed by atoms with Crippen molar-refractivity contribution in [3.8, 4) is 5.75 Å². The fourth-order valence-corrected chi connectivity index (χ4v) is 1.49. The predicted octanol–water partition coefficient (Wildman–Crippen LogP) is 3.05. The van der Waals surface area contributed by atoms with E-state index in [0.29, 0.717) is 5.57 Å². The van der Waals surface area contributed by atoms with E-state index in [1.165, 1.54) is 7.11 Å². The minimum absolute atomic E-state index is 0.302. The van der Waals surface area contributed by atoms with Gasteiger partial charge in [0.25, 0.3) is 0 Å². The molecule has 0 saturated heterocycles. The van der Waals surface area contributed by atoms with Crippen molar-refractivity contribution in [2.45, 2.75) is 19.8 Å². The molecule has 0 spiro atoms. The highest BCUT2D eigenvalue weighted by Crippen LogP contribution is 2.20. The first kappa shape index (κ1) is 13.3. The van der Waals surface area contributed by atoms with Crippen LogP contribution in [0.2, 0.25) is 0 Å². The molecule has 0 N–H and O–H groups in total. The Morgan fingerprint density at radius 3 is 2.35 bits per heavy atom. The number of methoxy groups -OCH3 is 2. The van der Waals surface area contributed by atoms with E-state index in [1.54, 1.807) is 7.11 Å². The third-order valence-corrected chi connectivity index (χ3v) is 2.44. The van der Waals surface area contributed by atoms with Gasteiger partial charge in [-0.05, 0) is 24.1 Å². The number of carbonyl (C=O) groups excluding carboxylic acids is 1. The second kappa shape index (κ2) is 6.74. The van der Waals surface area contributed by atoms with Crippen LogP contribution < -0.4 is 4.74 Å². The lowest BCUT2D eigenvalue weighted by Gasteiger charge is -2.07. The Morgan fingerprint density at radius 2 is 1.88 bits per heavy atom. The van der Waals surface area contributed by atoms with Gasteiger partial charge < -0.3 is 9.47 Å². The van der Waals surface area contributed by atoms with Crippen molar-refractivity contribution < 1.29 is 14.3 Å². The van der Waals surface area contributed by atoms with E-state index in [4.69, 9.17) is 9.47 Å². The lowest BCUT2D eigenvalue weighted by atomic mass is 10.0. The molecule has 3 nitrogen and oxygen atoms in total. The molecule has 0 heterocycles. The molecule has 0 bridgehead atoms. The first-order chi connectivity index (χ1) is 8.22. The van der Waals surface area contributed by atoms with Gasteiger partial charge >= 0.3 is 5.97 Å². The summed E-state index contributed by atoms with van der Waals surface area (Å²) in [5, 5.41) is 0. The van der Waals surface area contributed by atoms with Gasteiger partial charge in [-0.3, -0.25) is 0 Å². The third-order valence-electron chi connectivity index (χ3n) is 2.44. The minimum Gasteiger partial charge on any atom is -0.497 e. The summed E-state index contributed by atoms with van der Waals surface area (Å²) in [5.74, 6) is 0.470. The molecule has 1 aromatic carbocycles. The van der Waals surface area contributed by atoms with E-state index < -0.39 is 0 Å². The quantitative estimate of drug-likeness (QED) is 0.580. The van der Waals surface area contributed by atoms with E-state index in [-0.39, 0.29) is 5.97 Å². The molecule has 1 rings (SSSR count). The highest BCUT2D eigenvalue weighted by Gasteiger charge is 2.11. The third kappa shape index (κ3) is 3.63. The van der Waals surface area contributed by atoms with Crippen molar-refractivity contribution >= 4 is 11.5 Å². The molecule has 0 amide bonds. The summed E-state index contributed by atoms with van der Waals surface area (Å²) in [6.07, 6.45) is 3.76. The zero-order valence-corrected chi connectivity index (χ0v) is 10.5. The molecule has 3 heteroatoms. The normalized spacial score (nSPS) is 11.1. The number of esters is 1. The van der Waals surface area contributed by atoms with Crippen molar-refractivity contribution in [1.82, 2.24) is 0 Å². The minimum atomic E-state index is -0.302. The largest absolute Gasteiger partial charge is 0.497 e. The Hall–Kier alpha value is -1.77. The van der Waals surface area contributed by atoms with Crippen LogP contribution in [0, 0.1) is 0 Å². The van der Waals surface area contributed by atoms with Crippen LogP contribution in [0.5, 0.6) is 5.75 Å². The highest BCUT2D eigenvalue weighted by molar-refractivity contribution is 6.16. The standard InChI is InChI=1S/C14H18O3/c1-4-5-6-13(14(15)17-3)11-7-9-12(16-2)10-8-11/h6-10H,4-5H2,1-3H3/b13-6+. The second-order valence-electron chi connectivity index (χ2n) is 3.63. The Labute approximate surface area is 102 Å². The molecule has 0 atom stereocenters.